The molecule has 18 nitrogen and oxygen atoms in total. The number of hydrogen-bond acceptors (Lipinski definition) is 13. The maximum atomic E-state index is 11.8. The van der Waals surface area contributed by atoms with Gasteiger partial charge in [-0.3, -0.25) is 9.59 Å². The Kier molecular flexibility index (Phi) is 14.9. The second-order valence-corrected chi connectivity index (χ2v) is 20.4. The molecule has 8 heterocycles. The number of piperidine rings is 2. The standard InChI is InChI=1S/2C17H23N5O2.C16H22N4.ClH/c2*1-21(17-14-2-4-18-16(14)19-10-20-17)13-6-11-3-5-22(15(24)9-23)8-12(11)7-13;1-20(13-8-11-4-2-3-5-12(11)9-13)16-14-6-7-17-15(14)18-10-19-16;/h2*2,4,10-13,23H,3,5-9H2,1H3,(H,18,19,20);6-7,10-13H,2-5,8-9H2,1H3,(H,17,18,19);1H/t2*11-,12-,13?;11-,12+,13?;/m00../s1. The van der Waals surface area contributed by atoms with E-state index < -0.39 is 0 Å². The Morgan fingerprint density at radius 1 is 0.522 bits per heavy atom. The molecule has 4 aliphatic carbocycles. The van der Waals surface area contributed by atoms with Crippen molar-refractivity contribution in [1.82, 2.24) is 54.7 Å². The predicted octanol–water partition coefficient (Wildman–Crippen LogP) is 5.81. The smallest absolute Gasteiger partial charge is 0.248 e. The fourth-order valence-electron chi connectivity index (χ4n) is 13.1. The van der Waals surface area contributed by atoms with E-state index in [2.05, 4.69) is 86.8 Å². The van der Waals surface area contributed by atoms with Gasteiger partial charge in [-0.15, -0.1) is 12.4 Å². The summed E-state index contributed by atoms with van der Waals surface area (Å²) in [5.74, 6) is 6.99. The van der Waals surface area contributed by atoms with E-state index >= 15 is 0 Å². The van der Waals surface area contributed by atoms with E-state index in [4.69, 9.17) is 10.2 Å². The highest BCUT2D eigenvalue weighted by Crippen LogP contribution is 2.46. The number of aromatic nitrogens is 9. The van der Waals surface area contributed by atoms with E-state index in [1.165, 1.54) is 38.5 Å². The highest BCUT2D eigenvalue weighted by Gasteiger charge is 2.43. The SMILES string of the molecule is CN(c1ncnc2[nH]ccc12)C1C[C@@H]2CCN(C(=O)CO)C[C@@H]2C1.CN(c1ncnc2[nH]ccc12)C1C[C@@H]2CCN(C(=O)CO)C[C@@H]2C1.CN(c1ncnc2[nH]ccc12)C1C[C@H]2CCCC[C@H]2C1.Cl. The number of carbonyl (C=O) groups is 2. The molecule has 19 heteroatoms. The normalized spacial score (nSPS) is 27.1. The van der Waals surface area contributed by atoms with Crippen LogP contribution in [0.1, 0.15) is 77.0 Å². The Morgan fingerprint density at radius 2 is 0.841 bits per heavy atom. The minimum absolute atomic E-state index is 0. The van der Waals surface area contributed by atoms with Gasteiger partial charge in [-0.2, -0.15) is 0 Å². The van der Waals surface area contributed by atoms with Crippen LogP contribution in [0.2, 0.25) is 0 Å². The molecule has 6 aromatic heterocycles. The number of H-pyrrole nitrogens is 3. The molecule has 0 bridgehead atoms. The monoisotopic (exact) mass is 965 g/mol. The number of rotatable bonds is 8. The van der Waals surface area contributed by atoms with Gasteiger partial charge in [0.05, 0.1) is 16.2 Å². The lowest BCUT2D eigenvalue weighted by Crippen LogP contribution is -2.43. The molecular weight excluding hydrogens is 896 g/mol. The Labute approximate surface area is 409 Å². The summed E-state index contributed by atoms with van der Waals surface area (Å²) in [6.45, 7) is 2.33. The molecule has 3 unspecified atom stereocenters. The third-order valence-corrected chi connectivity index (χ3v) is 16.9. The van der Waals surface area contributed by atoms with E-state index in [-0.39, 0.29) is 37.4 Å². The molecule has 370 valence electrons. The highest BCUT2D eigenvalue weighted by atomic mass is 35.5. The van der Waals surface area contributed by atoms with Crippen LogP contribution in [-0.2, 0) is 9.59 Å². The van der Waals surface area contributed by atoms with Crippen LogP contribution in [0, 0.1) is 35.5 Å². The number of aliphatic hydroxyl groups is 2. The first-order valence-corrected chi connectivity index (χ1v) is 25.0. The van der Waals surface area contributed by atoms with E-state index in [1.54, 1.807) is 19.0 Å². The molecule has 2 saturated heterocycles. The molecule has 5 N–H and O–H groups in total. The maximum Gasteiger partial charge on any atom is 0.248 e. The van der Waals surface area contributed by atoms with Crippen molar-refractivity contribution in [2.75, 3.05) is 75.2 Å². The van der Waals surface area contributed by atoms with Crippen LogP contribution >= 0.6 is 12.4 Å². The summed E-state index contributed by atoms with van der Waals surface area (Å²) in [7, 11) is 6.41. The van der Waals surface area contributed by atoms with Gasteiger partial charge < -0.3 is 49.7 Å². The first-order valence-electron chi connectivity index (χ1n) is 25.0. The molecule has 4 saturated carbocycles. The van der Waals surface area contributed by atoms with Crippen LogP contribution in [-0.4, -0.2) is 155 Å². The minimum Gasteiger partial charge on any atom is -0.387 e. The molecule has 12 rings (SSSR count). The van der Waals surface area contributed by atoms with Gasteiger partial charge in [-0.05, 0) is 105 Å². The number of hydrogen-bond donors (Lipinski definition) is 5. The summed E-state index contributed by atoms with van der Waals surface area (Å²) in [5.41, 5.74) is 2.67. The molecule has 6 fully saturated rings. The Balaban J connectivity index is 0.000000129. The number of fused-ring (bicyclic) bond motifs is 6. The average molecular weight is 966 g/mol. The van der Waals surface area contributed by atoms with E-state index in [0.29, 0.717) is 41.8 Å². The first-order chi connectivity index (χ1) is 33.2. The average Bonchev–Trinajstić information content (AvgIpc) is 4.25. The number of aliphatic hydroxyl groups excluding tert-OH is 2. The van der Waals surface area contributed by atoms with Gasteiger partial charge >= 0.3 is 0 Å². The van der Waals surface area contributed by atoms with E-state index in [0.717, 1.165) is 127 Å². The molecule has 69 heavy (non-hydrogen) atoms. The fourth-order valence-corrected chi connectivity index (χ4v) is 13.1. The van der Waals surface area contributed by atoms with Gasteiger partial charge in [0.25, 0.3) is 0 Å². The summed E-state index contributed by atoms with van der Waals surface area (Å²) < 4.78 is 0. The summed E-state index contributed by atoms with van der Waals surface area (Å²) in [6, 6.07) is 7.63. The van der Waals surface area contributed by atoms with Gasteiger partial charge in [0.2, 0.25) is 11.8 Å². The van der Waals surface area contributed by atoms with Crippen molar-refractivity contribution in [2.45, 2.75) is 95.2 Å². The van der Waals surface area contributed by atoms with Gasteiger partial charge in [-0.25, -0.2) is 29.9 Å². The lowest BCUT2D eigenvalue weighted by atomic mass is 9.82. The highest BCUT2D eigenvalue weighted by molar-refractivity contribution is 5.89. The van der Waals surface area contributed by atoms with Crippen LogP contribution in [0.25, 0.3) is 33.1 Å². The van der Waals surface area contributed by atoms with Crippen molar-refractivity contribution in [3.05, 3.63) is 55.8 Å². The molecular formula is C50H69ClN14O4. The summed E-state index contributed by atoms with van der Waals surface area (Å²) in [5, 5.41) is 21.4. The Morgan fingerprint density at radius 3 is 1.17 bits per heavy atom. The molecule has 0 spiro atoms. The second-order valence-electron chi connectivity index (χ2n) is 20.4. The number of nitrogens with one attached hydrogen (secondary N) is 3. The van der Waals surface area contributed by atoms with Gasteiger partial charge in [0, 0.05) is 84.0 Å². The van der Waals surface area contributed by atoms with Gasteiger partial charge in [0.15, 0.2) is 0 Å². The quantitative estimate of drug-likeness (QED) is 0.122. The number of amides is 2. The largest absolute Gasteiger partial charge is 0.387 e. The van der Waals surface area contributed by atoms with Crippen molar-refractivity contribution in [3.8, 4) is 0 Å². The number of aromatic amines is 3. The Bertz CT molecular complexity index is 2540. The van der Waals surface area contributed by atoms with E-state index in [1.807, 2.05) is 40.5 Å². The van der Waals surface area contributed by atoms with Crippen LogP contribution in [0.3, 0.4) is 0 Å². The molecule has 6 aromatic rings. The zero-order valence-corrected chi connectivity index (χ0v) is 41.0. The topological polar surface area (TPSA) is 216 Å². The van der Waals surface area contributed by atoms with Crippen LogP contribution < -0.4 is 14.7 Å². The number of nitrogens with zero attached hydrogens (tertiary/aromatic N) is 11. The van der Waals surface area contributed by atoms with Crippen LogP contribution in [0.15, 0.2) is 55.8 Å². The van der Waals surface area contributed by atoms with Crippen molar-refractivity contribution in [1.29, 1.82) is 0 Å². The zero-order valence-electron chi connectivity index (χ0n) is 40.2. The summed E-state index contributed by atoms with van der Waals surface area (Å²) >= 11 is 0. The predicted molar refractivity (Wildman–Crippen MR) is 269 cm³/mol. The van der Waals surface area contributed by atoms with Crippen LogP contribution in [0.4, 0.5) is 17.5 Å². The molecule has 9 atom stereocenters. The van der Waals surface area contributed by atoms with Gasteiger partial charge in [0.1, 0.15) is 66.6 Å². The molecule has 2 amide bonds. The number of likely N-dealkylation sites (tertiary alicyclic amines) is 2. The number of halogens is 1. The molecule has 0 aromatic carbocycles. The van der Waals surface area contributed by atoms with Gasteiger partial charge in [-0.1, -0.05) is 25.7 Å². The minimum atomic E-state index is -0.382. The Hall–Kier alpha value is -5.59. The van der Waals surface area contributed by atoms with Crippen molar-refractivity contribution in [3.63, 3.8) is 0 Å². The van der Waals surface area contributed by atoms with Crippen molar-refractivity contribution < 1.29 is 19.8 Å². The third kappa shape index (κ3) is 9.93. The lowest BCUT2D eigenvalue weighted by Gasteiger charge is -2.34. The third-order valence-electron chi connectivity index (χ3n) is 16.9. The summed E-state index contributed by atoms with van der Waals surface area (Å²) in [6.07, 6.45) is 25.5. The summed E-state index contributed by atoms with van der Waals surface area (Å²) in [4.78, 5) is 69.9. The molecule has 2 aliphatic heterocycles. The van der Waals surface area contributed by atoms with Crippen molar-refractivity contribution in [2.24, 2.45) is 35.5 Å². The number of anilines is 3. The number of carbonyl (C=O) groups excluding carboxylic acids is 2. The zero-order chi connectivity index (χ0) is 46.9. The second kappa shape index (κ2) is 21.2. The maximum absolute atomic E-state index is 11.8. The van der Waals surface area contributed by atoms with Crippen molar-refractivity contribution >= 4 is 74.8 Å². The lowest BCUT2D eigenvalue weighted by molar-refractivity contribution is -0.137. The van der Waals surface area contributed by atoms with E-state index in [9.17, 15) is 9.59 Å². The van der Waals surface area contributed by atoms with Crippen LogP contribution in [0.5, 0.6) is 0 Å². The molecule has 0 radical (unpaired) electrons. The first kappa shape index (κ1) is 48.4. The fraction of sp³-hybridized carbons (Fsp3) is 0.600. The molecule has 6 aliphatic rings.